The average molecular weight is 197 g/mol. The van der Waals surface area contributed by atoms with Crippen molar-refractivity contribution >= 4 is 11.8 Å². The molecule has 13 heavy (non-hydrogen) atoms. The maximum Gasteiger partial charge on any atom is 0.0939 e. The van der Waals surface area contributed by atoms with Crippen molar-refractivity contribution in [3.05, 3.63) is 11.1 Å². The van der Waals surface area contributed by atoms with Crippen LogP contribution in [-0.4, -0.2) is 49.3 Å². The molecule has 4 heteroatoms. The van der Waals surface area contributed by atoms with E-state index in [0.717, 1.165) is 31.2 Å². The summed E-state index contributed by atoms with van der Waals surface area (Å²) in [6.07, 6.45) is 3.65. The first-order chi connectivity index (χ1) is 6.27. The lowest BCUT2D eigenvalue weighted by Crippen LogP contribution is -2.43. The lowest BCUT2D eigenvalue weighted by molar-refractivity contribution is 0.195. The van der Waals surface area contributed by atoms with E-state index in [4.69, 9.17) is 5.26 Å². The van der Waals surface area contributed by atoms with Gasteiger partial charge in [0.25, 0.3) is 0 Å². The van der Waals surface area contributed by atoms with Crippen LogP contribution in [0.25, 0.3) is 0 Å². The van der Waals surface area contributed by atoms with Gasteiger partial charge in [-0.3, -0.25) is 0 Å². The molecule has 1 aliphatic rings. The molecule has 1 heterocycles. The number of piperazine rings is 1. The summed E-state index contributed by atoms with van der Waals surface area (Å²) < 4.78 is 0. The maximum absolute atomic E-state index is 8.57. The number of hydrogen-bond acceptors (Lipinski definition) is 4. The second kappa shape index (κ2) is 5.15. The molecule has 0 aromatic heterocycles. The summed E-state index contributed by atoms with van der Waals surface area (Å²) >= 11 is 1.65. The fourth-order valence-electron chi connectivity index (χ4n) is 1.36. The van der Waals surface area contributed by atoms with Gasteiger partial charge in [-0.2, -0.15) is 5.26 Å². The Bertz CT molecular complexity index is 224. The van der Waals surface area contributed by atoms with Crippen LogP contribution in [0.1, 0.15) is 0 Å². The third-order valence-corrected chi connectivity index (χ3v) is 3.01. The SMILES string of the molecule is CS/C(=C/C#N)N1CCN(C)CC1. The van der Waals surface area contributed by atoms with Gasteiger partial charge < -0.3 is 9.80 Å². The second-order valence-corrected chi connectivity index (χ2v) is 3.93. The molecule has 0 spiro atoms. The Kier molecular flexibility index (Phi) is 4.13. The minimum atomic E-state index is 1.03. The zero-order valence-electron chi connectivity index (χ0n) is 8.16. The van der Waals surface area contributed by atoms with Crippen molar-refractivity contribution in [2.45, 2.75) is 0 Å². The standard InChI is InChI=1S/C9H15N3S/c1-11-5-7-12(8-6-11)9(13-2)3-4-10/h3H,5-8H2,1-2H3/b9-3+. The van der Waals surface area contributed by atoms with Crippen molar-refractivity contribution in [1.82, 2.24) is 9.80 Å². The van der Waals surface area contributed by atoms with Gasteiger partial charge in [-0.05, 0) is 13.3 Å². The van der Waals surface area contributed by atoms with Gasteiger partial charge in [0.15, 0.2) is 0 Å². The molecule has 1 rings (SSSR count). The molecule has 0 saturated carbocycles. The van der Waals surface area contributed by atoms with Gasteiger partial charge in [-0.25, -0.2) is 0 Å². The minimum absolute atomic E-state index is 1.03. The van der Waals surface area contributed by atoms with Gasteiger partial charge in [0.1, 0.15) is 0 Å². The van der Waals surface area contributed by atoms with E-state index in [0.29, 0.717) is 0 Å². The highest BCUT2D eigenvalue weighted by Gasteiger charge is 2.15. The highest BCUT2D eigenvalue weighted by molar-refractivity contribution is 8.02. The molecular formula is C9H15N3S. The second-order valence-electron chi connectivity index (χ2n) is 3.11. The van der Waals surface area contributed by atoms with E-state index in [-0.39, 0.29) is 0 Å². The molecule has 0 aliphatic carbocycles. The largest absolute Gasteiger partial charge is 0.363 e. The molecule has 0 amide bonds. The Balaban J connectivity index is 2.52. The van der Waals surface area contributed by atoms with E-state index in [2.05, 4.69) is 22.9 Å². The highest BCUT2D eigenvalue weighted by Crippen LogP contribution is 2.18. The molecule has 0 N–H and O–H groups in total. The zero-order chi connectivity index (χ0) is 9.68. The van der Waals surface area contributed by atoms with E-state index >= 15 is 0 Å². The molecule has 0 aromatic rings. The van der Waals surface area contributed by atoms with Gasteiger partial charge in [0, 0.05) is 32.3 Å². The molecule has 0 aromatic carbocycles. The van der Waals surface area contributed by atoms with Crippen LogP contribution >= 0.6 is 11.8 Å². The topological polar surface area (TPSA) is 30.3 Å². The van der Waals surface area contributed by atoms with Crippen molar-refractivity contribution in [3.8, 4) is 6.07 Å². The normalized spacial score (nSPS) is 20.1. The van der Waals surface area contributed by atoms with E-state index in [9.17, 15) is 0 Å². The van der Waals surface area contributed by atoms with Crippen LogP contribution in [0.15, 0.2) is 11.1 Å². The number of hydrogen-bond donors (Lipinski definition) is 0. The Morgan fingerprint density at radius 1 is 1.38 bits per heavy atom. The van der Waals surface area contributed by atoms with E-state index in [1.165, 1.54) is 0 Å². The van der Waals surface area contributed by atoms with Crippen LogP contribution in [0, 0.1) is 11.3 Å². The van der Waals surface area contributed by atoms with Crippen molar-refractivity contribution in [1.29, 1.82) is 5.26 Å². The average Bonchev–Trinajstić information content (AvgIpc) is 2.16. The molecule has 1 saturated heterocycles. The predicted molar refractivity (Wildman–Crippen MR) is 56.3 cm³/mol. The molecule has 72 valence electrons. The summed E-state index contributed by atoms with van der Waals surface area (Å²) in [5.41, 5.74) is 0. The lowest BCUT2D eigenvalue weighted by atomic mass is 10.3. The summed E-state index contributed by atoms with van der Waals surface area (Å²) in [6, 6.07) is 2.09. The maximum atomic E-state index is 8.57. The number of nitrogens with zero attached hydrogens (tertiary/aromatic N) is 3. The van der Waals surface area contributed by atoms with E-state index < -0.39 is 0 Å². The first-order valence-corrected chi connectivity index (χ1v) is 5.57. The zero-order valence-corrected chi connectivity index (χ0v) is 8.97. The third-order valence-electron chi connectivity index (χ3n) is 2.21. The van der Waals surface area contributed by atoms with E-state index in [1.807, 2.05) is 6.26 Å². The summed E-state index contributed by atoms with van der Waals surface area (Å²) in [5, 5.41) is 9.67. The van der Waals surface area contributed by atoms with Gasteiger partial charge in [-0.1, -0.05) is 0 Å². The number of nitriles is 1. The van der Waals surface area contributed by atoms with Crippen molar-refractivity contribution in [2.24, 2.45) is 0 Å². The first-order valence-electron chi connectivity index (χ1n) is 4.35. The molecule has 0 bridgehead atoms. The summed E-state index contributed by atoms with van der Waals surface area (Å²) in [7, 11) is 2.13. The Hall–Kier alpha value is -0.660. The molecule has 0 unspecified atom stereocenters. The van der Waals surface area contributed by atoms with Crippen LogP contribution < -0.4 is 0 Å². The first kappa shape index (κ1) is 10.4. The number of rotatable bonds is 2. The van der Waals surface area contributed by atoms with Crippen LogP contribution in [0.5, 0.6) is 0 Å². The summed E-state index contributed by atoms with van der Waals surface area (Å²) in [6.45, 7) is 4.24. The van der Waals surface area contributed by atoms with Crippen LogP contribution in [0.2, 0.25) is 0 Å². The third kappa shape index (κ3) is 2.94. The Morgan fingerprint density at radius 3 is 2.46 bits per heavy atom. The van der Waals surface area contributed by atoms with Crippen LogP contribution in [0.3, 0.4) is 0 Å². The minimum Gasteiger partial charge on any atom is -0.363 e. The Labute approximate surface area is 84.0 Å². The fourth-order valence-corrected chi connectivity index (χ4v) is 1.97. The van der Waals surface area contributed by atoms with Crippen molar-refractivity contribution in [2.75, 3.05) is 39.5 Å². The lowest BCUT2D eigenvalue weighted by Gasteiger charge is -2.34. The Morgan fingerprint density at radius 2 is 2.00 bits per heavy atom. The van der Waals surface area contributed by atoms with Crippen LogP contribution in [-0.2, 0) is 0 Å². The molecule has 0 radical (unpaired) electrons. The number of thioether (sulfide) groups is 1. The molecule has 3 nitrogen and oxygen atoms in total. The van der Waals surface area contributed by atoms with Gasteiger partial charge in [0.05, 0.1) is 11.1 Å². The number of allylic oxidation sites excluding steroid dienone is 1. The molecular weight excluding hydrogens is 182 g/mol. The van der Waals surface area contributed by atoms with E-state index in [1.54, 1.807) is 17.8 Å². The predicted octanol–water partition coefficient (Wildman–Crippen LogP) is 0.962. The fraction of sp³-hybridized carbons (Fsp3) is 0.667. The van der Waals surface area contributed by atoms with Crippen molar-refractivity contribution < 1.29 is 0 Å². The molecule has 1 fully saturated rings. The van der Waals surface area contributed by atoms with Crippen LogP contribution in [0.4, 0.5) is 0 Å². The molecule has 0 atom stereocenters. The monoisotopic (exact) mass is 197 g/mol. The van der Waals surface area contributed by atoms with Gasteiger partial charge in [0.2, 0.25) is 0 Å². The molecule has 1 aliphatic heterocycles. The van der Waals surface area contributed by atoms with Crippen molar-refractivity contribution in [3.63, 3.8) is 0 Å². The number of likely N-dealkylation sites (N-methyl/N-ethyl adjacent to an activating group) is 1. The van der Waals surface area contributed by atoms with Gasteiger partial charge >= 0.3 is 0 Å². The highest BCUT2D eigenvalue weighted by atomic mass is 32.2. The quantitative estimate of drug-likeness (QED) is 0.617. The smallest absolute Gasteiger partial charge is 0.0939 e. The van der Waals surface area contributed by atoms with Gasteiger partial charge in [-0.15, -0.1) is 11.8 Å². The summed E-state index contributed by atoms with van der Waals surface area (Å²) in [5.74, 6) is 0. The summed E-state index contributed by atoms with van der Waals surface area (Å²) in [4.78, 5) is 4.58.